The highest BCUT2D eigenvalue weighted by Gasteiger charge is 2.07. The summed E-state index contributed by atoms with van der Waals surface area (Å²) < 4.78 is 1.46. The number of carboxylic acids is 1. The Morgan fingerprint density at radius 1 is 1.42 bits per heavy atom. The van der Waals surface area contributed by atoms with Crippen molar-refractivity contribution in [2.75, 3.05) is 11.9 Å². The van der Waals surface area contributed by atoms with E-state index in [1.165, 1.54) is 10.9 Å². The molecule has 0 aliphatic rings. The molecule has 2 N–H and O–H groups in total. The first-order valence-corrected chi connectivity index (χ1v) is 5.74. The van der Waals surface area contributed by atoms with Crippen molar-refractivity contribution in [3.05, 3.63) is 29.5 Å². The van der Waals surface area contributed by atoms with Crippen molar-refractivity contribution < 1.29 is 9.90 Å². The molecular weight excluding hydrogens is 248 g/mol. The number of carboxylic acid groups (broad SMARTS) is 1. The van der Waals surface area contributed by atoms with E-state index in [0.717, 1.165) is 11.4 Å². The molecule has 19 heavy (non-hydrogen) atoms. The van der Waals surface area contributed by atoms with E-state index in [1.54, 1.807) is 6.20 Å². The molecule has 0 fully saturated rings. The maximum atomic E-state index is 10.6. The van der Waals surface area contributed by atoms with E-state index < -0.39 is 5.97 Å². The van der Waals surface area contributed by atoms with Crippen LogP contribution in [0.25, 0.3) is 0 Å². The number of rotatable bonds is 5. The fourth-order valence-electron chi connectivity index (χ4n) is 1.43. The predicted molar refractivity (Wildman–Crippen MR) is 67.0 cm³/mol. The highest BCUT2D eigenvalue weighted by molar-refractivity contribution is 5.84. The monoisotopic (exact) mass is 262 g/mol. The van der Waals surface area contributed by atoms with Gasteiger partial charge in [-0.05, 0) is 13.8 Å². The van der Waals surface area contributed by atoms with Gasteiger partial charge < -0.3 is 10.4 Å². The van der Waals surface area contributed by atoms with Crippen LogP contribution < -0.4 is 5.32 Å². The first kappa shape index (κ1) is 12.9. The predicted octanol–water partition coefficient (Wildman–Crippen LogP) is 0.495. The Labute approximate surface area is 109 Å². The van der Waals surface area contributed by atoms with Gasteiger partial charge in [-0.1, -0.05) is 5.21 Å². The molecule has 2 aromatic rings. The minimum atomic E-state index is -1.08. The molecule has 2 aromatic heterocycles. The topological polar surface area (TPSA) is 106 Å². The van der Waals surface area contributed by atoms with Gasteiger partial charge in [-0.2, -0.15) is 0 Å². The summed E-state index contributed by atoms with van der Waals surface area (Å²) in [5.41, 5.74) is 1.71. The van der Waals surface area contributed by atoms with Crippen LogP contribution in [0.2, 0.25) is 0 Å². The molecule has 2 heterocycles. The van der Waals surface area contributed by atoms with Crippen molar-refractivity contribution >= 4 is 11.8 Å². The molecule has 0 unspecified atom stereocenters. The van der Waals surface area contributed by atoms with Crippen LogP contribution in [0.15, 0.2) is 12.4 Å². The number of hydrogen-bond donors (Lipinski definition) is 2. The second-order valence-corrected chi connectivity index (χ2v) is 4.02. The van der Waals surface area contributed by atoms with E-state index in [2.05, 4.69) is 25.6 Å². The molecule has 0 saturated carbocycles. The molecule has 8 heteroatoms. The van der Waals surface area contributed by atoms with Crippen molar-refractivity contribution in [3.63, 3.8) is 0 Å². The molecule has 0 bridgehead atoms. The van der Waals surface area contributed by atoms with Crippen LogP contribution >= 0.6 is 0 Å². The molecule has 0 aliphatic heterocycles. The number of nitrogens with one attached hydrogen (secondary N) is 1. The van der Waals surface area contributed by atoms with Gasteiger partial charge in [-0.15, -0.1) is 5.10 Å². The zero-order chi connectivity index (χ0) is 13.8. The molecule has 8 nitrogen and oxygen atoms in total. The van der Waals surface area contributed by atoms with Crippen molar-refractivity contribution in [1.82, 2.24) is 25.0 Å². The SMILES string of the molecule is Cc1ncc(NCCn2cc(C(=O)O)nn2)nc1C. The lowest BCUT2D eigenvalue weighted by Gasteiger charge is -2.06. The van der Waals surface area contributed by atoms with Crippen LogP contribution in [0.5, 0.6) is 0 Å². The highest BCUT2D eigenvalue weighted by Crippen LogP contribution is 2.05. The lowest BCUT2D eigenvalue weighted by molar-refractivity contribution is 0.0690. The lowest BCUT2D eigenvalue weighted by Crippen LogP contribution is -2.12. The maximum Gasteiger partial charge on any atom is 0.358 e. The van der Waals surface area contributed by atoms with Crippen LogP contribution in [0.3, 0.4) is 0 Å². The fraction of sp³-hybridized carbons (Fsp3) is 0.364. The highest BCUT2D eigenvalue weighted by atomic mass is 16.4. The van der Waals surface area contributed by atoms with Gasteiger partial charge in [0.1, 0.15) is 5.82 Å². The Morgan fingerprint density at radius 2 is 2.21 bits per heavy atom. The molecule has 100 valence electrons. The Morgan fingerprint density at radius 3 is 2.84 bits per heavy atom. The number of aryl methyl sites for hydroxylation is 2. The third-order valence-corrected chi connectivity index (χ3v) is 2.60. The molecule has 0 saturated heterocycles. The number of hydrogen-bond acceptors (Lipinski definition) is 6. The number of aromatic nitrogens is 5. The van der Waals surface area contributed by atoms with Gasteiger partial charge in [0.2, 0.25) is 0 Å². The summed E-state index contributed by atoms with van der Waals surface area (Å²) in [6.45, 7) is 4.84. The lowest BCUT2D eigenvalue weighted by atomic mass is 10.3. The zero-order valence-electron chi connectivity index (χ0n) is 10.7. The molecule has 0 aliphatic carbocycles. The smallest absolute Gasteiger partial charge is 0.358 e. The molecule has 0 spiro atoms. The Kier molecular flexibility index (Phi) is 3.69. The van der Waals surface area contributed by atoms with Gasteiger partial charge >= 0.3 is 5.97 Å². The van der Waals surface area contributed by atoms with Gasteiger partial charge in [0.05, 0.1) is 30.3 Å². The van der Waals surface area contributed by atoms with E-state index >= 15 is 0 Å². The molecular formula is C11H14N6O2. The number of anilines is 1. The zero-order valence-corrected chi connectivity index (χ0v) is 10.7. The van der Waals surface area contributed by atoms with E-state index in [4.69, 9.17) is 5.11 Å². The average molecular weight is 262 g/mol. The van der Waals surface area contributed by atoms with Crippen LogP contribution in [0, 0.1) is 13.8 Å². The summed E-state index contributed by atoms with van der Waals surface area (Å²) in [6.07, 6.45) is 3.04. The standard InChI is InChI=1S/C11H14N6O2/c1-7-8(2)14-10(5-13-7)12-3-4-17-6-9(11(18)19)15-16-17/h5-6H,3-4H2,1-2H3,(H,12,14)(H,18,19). The van der Waals surface area contributed by atoms with Gasteiger partial charge in [-0.3, -0.25) is 4.98 Å². The van der Waals surface area contributed by atoms with Crippen LogP contribution in [-0.4, -0.2) is 42.6 Å². The number of aromatic carboxylic acids is 1. The third kappa shape index (κ3) is 3.24. The Hall–Kier alpha value is -2.51. The minimum absolute atomic E-state index is 0.0639. The first-order chi connectivity index (χ1) is 9.06. The van der Waals surface area contributed by atoms with Crippen molar-refractivity contribution in [2.24, 2.45) is 0 Å². The molecule has 0 amide bonds. The van der Waals surface area contributed by atoms with Gasteiger partial charge in [0, 0.05) is 6.54 Å². The van der Waals surface area contributed by atoms with E-state index in [1.807, 2.05) is 13.8 Å². The van der Waals surface area contributed by atoms with Crippen LogP contribution in [0.1, 0.15) is 21.9 Å². The van der Waals surface area contributed by atoms with Crippen molar-refractivity contribution in [1.29, 1.82) is 0 Å². The van der Waals surface area contributed by atoms with Crippen LogP contribution in [-0.2, 0) is 6.54 Å². The average Bonchev–Trinajstić information content (AvgIpc) is 2.83. The maximum absolute atomic E-state index is 10.6. The second-order valence-electron chi connectivity index (χ2n) is 4.02. The van der Waals surface area contributed by atoms with Crippen LogP contribution in [0.4, 0.5) is 5.82 Å². The number of carbonyl (C=O) groups is 1. The van der Waals surface area contributed by atoms with Crippen molar-refractivity contribution in [2.45, 2.75) is 20.4 Å². The second kappa shape index (κ2) is 5.42. The Balaban J connectivity index is 1.88. The summed E-state index contributed by atoms with van der Waals surface area (Å²) >= 11 is 0. The van der Waals surface area contributed by atoms with Gasteiger partial charge in [0.25, 0.3) is 0 Å². The largest absolute Gasteiger partial charge is 0.476 e. The molecule has 0 aromatic carbocycles. The fourth-order valence-corrected chi connectivity index (χ4v) is 1.43. The first-order valence-electron chi connectivity index (χ1n) is 5.74. The minimum Gasteiger partial charge on any atom is -0.476 e. The van der Waals surface area contributed by atoms with E-state index in [-0.39, 0.29) is 5.69 Å². The summed E-state index contributed by atoms with van der Waals surface area (Å²) in [6, 6.07) is 0. The van der Waals surface area contributed by atoms with Crippen molar-refractivity contribution in [3.8, 4) is 0 Å². The number of nitrogens with zero attached hydrogens (tertiary/aromatic N) is 5. The summed E-state index contributed by atoms with van der Waals surface area (Å²) in [7, 11) is 0. The van der Waals surface area contributed by atoms with Gasteiger partial charge in [-0.25, -0.2) is 14.5 Å². The quantitative estimate of drug-likeness (QED) is 0.807. The third-order valence-electron chi connectivity index (χ3n) is 2.60. The molecule has 0 radical (unpaired) electrons. The van der Waals surface area contributed by atoms with E-state index in [0.29, 0.717) is 18.9 Å². The summed E-state index contributed by atoms with van der Waals surface area (Å²) in [5.74, 6) is -0.402. The summed E-state index contributed by atoms with van der Waals surface area (Å²) in [4.78, 5) is 19.1. The van der Waals surface area contributed by atoms with E-state index in [9.17, 15) is 4.79 Å². The summed E-state index contributed by atoms with van der Waals surface area (Å²) in [5, 5.41) is 19.0. The molecule has 2 rings (SSSR count). The normalized spacial score (nSPS) is 10.4. The van der Waals surface area contributed by atoms with Gasteiger partial charge in [0.15, 0.2) is 5.69 Å². The molecule has 0 atom stereocenters. The Bertz CT molecular complexity index is 595.